The van der Waals surface area contributed by atoms with E-state index in [4.69, 9.17) is 43.1 Å². The van der Waals surface area contributed by atoms with Crippen molar-refractivity contribution in [1.82, 2.24) is 0 Å². The molecule has 0 aromatic heterocycles. The highest BCUT2D eigenvalue weighted by molar-refractivity contribution is 6.32. The molecule has 2 aromatic rings. The molecular formula is C18H21Cl2NO3. The van der Waals surface area contributed by atoms with Crippen LogP contribution in [0.5, 0.6) is 17.2 Å². The average Bonchev–Trinajstić information content (AvgIpc) is 2.55. The zero-order chi connectivity index (χ0) is 17.4. The molecule has 0 spiro atoms. The summed E-state index contributed by atoms with van der Waals surface area (Å²) in [5, 5.41) is 1.07. The highest BCUT2D eigenvalue weighted by atomic mass is 35.5. The number of hydrogen-bond acceptors (Lipinski definition) is 4. The summed E-state index contributed by atoms with van der Waals surface area (Å²) in [6.07, 6.45) is 0.732. The Morgan fingerprint density at radius 1 is 0.917 bits per heavy atom. The van der Waals surface area contributed by atoms with Crippen LogP contribution in [0.1, 0.15) is 12.5 Å². The van der Waals surface area contributed by atoms with E-state index in [0.717, 1.165) is 12.0 Å². The summed E-state index contributed by atoms with van der Waals surface area (Å²) in [7, 11) is 0. The molecule has 0 fully saturated rings. The molecule has 6 heteroatoms. The largest absolute Gasteiger partial charge is 0.490 e. The van der Waals surface area contributed by atoms with Gasteiger partial charge in [0.1, 0.15) is 19.0 Å². The van der Waals surface area contributed by atoms with Crippen molar-refractivity contribution in [2.75, 3.05) is 26.4 Å². The van der Waals surface area contributed by atoms with Gasteiger partial charge in [-0.2, -0.15) is 0 Å². The number of ether oxygens (including phenoxy) is 3. The monoisotopic (exact) mass is 369 g/mol. The van der Waals surface area contributed by atoms with Crippen molar-refractivity contribution in [2.24, 2.45) is 5.73 Å². The molecule has 130 valence electrons. The molecule has 0 aliphatic rings. The number of benzene rings is 2. The Morgan fingerprint density at radius 2 is 1.67 bits per heavy atom. The zero-order valence-electron chi connectivity index (χ0n) is 13.6. The second-order valence-electron chi connectivity index (χ2n) is 5.00. The van der Waals surface area contributed by atoms with E-state index in [2.05, 4.69) is 0 Å². The fraction of sp³-hybridized carbons (Fsp3) is 0.333. The highest BCUT2D eigenvalue weighted by Gasteiger charge is 2.12. The standard InChI is InChI=1S/C18H21Cl2NO3/c1-2-22-17-12-13(7-8-21)11-15(20)18(17)24-10-9-23-16-6-4-3-5-14(16)19/h3-6,11-12H,2,7-10,21H2,1H3. The molecule has 2 aromatic carbocycles. The summed E-state index contributed by atoms with van der Waals surface area (Å²) in [6, 6.07) is 11.1. The van der Waals surface area contributed by atoms with Gasteiger partial charge in [-0.1, -0.05) is 35.3 Å². The molecule has 0 amide bonds. The molecule has 24 heavy (non-hydrogen) atoms. The summed E-state index contributed by atoms with van der Waals surface area (Å²) >= 11 is 12.4. The molecule has 0 saturated carbocycles. The molecule has 0 aliphatic carbocycles. The van der Waals surface area contributed by atoms with Crippen LogP contribution in [0.2, 0.25) is 10.0 Å². The van der Waals surface area contributed by atoms with Crippen LogP contribution in [0.4, 0.5) is 0 Å². The lowest BCUT2D eigenvalue weighted by atomic mass is 10.1. The van der Waals surface area contributed by atoms with Gasteiger partial charge < -0.3 is 19.9 Å². The third-order valence-corrected chi connectivity index (χ3v) is 3.82. The molecule has 2 N–H and O–H groups in total. The summed E-state index contributed by atoms with van der Waals surface area (Å²) in [5.74, 6) is 1.76. The van der Waals surface area contributed by atoms with Gasteiger partial charge in [0.25, 0.3) is 0 Å². The Bertz CT molecular complexity index is 665. The lowest BCUT2D eigenvalue weighted by Crippen LogP contribution is -2.11. The Labute approximate surface area is 152 Å². The third-order valence-electron chi connectivity index (χ3n) is 3.23. The maximum Gasteiger partial charge on any atom is 0.179 e. The van der Waals surface area contributed by atoms with Crippen LogP contribution in [0.3, 0.4) is 0 Å². The SMILES string of the molecule is CCOc1cc(CCN)cc(Cl)c1OCCOc1ccccc1Cl. The molecule has 4 nitrogen and oxygen atoms in total. The fourth-order valence-electron chi connectivity index (χ4n) is 2.19. The van der Waals surface area contributed by atoms with Gasteiger partial charge in [0.2, 0.25) is 0 Å². The zero-order valence-corrected chi connectivity index (χ0v) is 15.1. The van der Waals surface area contributed by atoms with E-state index >= 15 is 0 Å². The Kier molecular flexibility index (Phi) is 7.50. The summed E-state index contributed by atoms with van der Waals surface area (Å²) in [5.41, 5.74) is 6.62. The van der Waals surface area contributed by atoms with Crippen LogP contribution in [0.25, 0.3) is 0 Å². The summed E-state index contributed by atoms with van der Waals surface area (Å²) < 4.78 is 17.0. The molecule has 0 unspecified atom stereocenters. The number of para-hydroxylation sites is 1. The third kappa shape index (κ3) is 5.20. The van der Waals surface area contributed by atoms with E-state index in [0.29, 0.717) is 53.7 Å². The lowest BCUT2D eigenvalue weighted by molar-refractivity contribution is 0.208. The molecule has 0 radical (unpaired) electrons. The van der Waals surface area contributed by atoms with Crippen molar-refractivity contribution in [3.63, 3.8) is 0 Å². The number of hydrogen-bond donors (Lipinski definition) is 1. The maximum atomic E-state index is 6.32. The second kappa shape index (κ2) is 9.62. The minimum Gasteiger partial charge on any atom is -0.490 e. The van der Waals surface area contributed by atoms with Crippen molar-refractivity contribution < 1.29 is 14.2 Å². The van der Waals surface area contributed by atoms with Crippen LogP contribution in [0, 0.1) is 0 Å². The van der Waals surface area contributed by atoms with Crippen molar-refractivity contribution in [2.45, 2.75) is 13.3 Å². The van der Waals surface area contributed by atoms with Crippen molar-refractivity contribution in [3.05, 3.63) is 52.0 Å². The number of nitrogens with two attached hydrogens (primary N) is 1. The maximum absolute atomic E-state index is 6.32. The molecule has 2 rings (SSSR count). The average molecular weight is 370 g/mol. The van der Waals surface area contributed by atoms with Gasteiger partial charge in [-0.05, 0) is 49.7 Å². The minimum absolute atomic E-state index is 0.321. The van der Waals surface area contributed by atoms with Crippen LogP contribution in [-0.4, -0.2) is 26.4 Å². The van der Waals surface area contributed by atoms with Crippen molar-refractivity contribution in [1.29, 1.82) is 0 Å². The number of halogens is 2. The summed E-state index contributed by atoms with van der Waals surface area (Å²) in [4.78, 5) is 0. The molecule has 0 saturated heterocycles. The van der Waals surface area contributed by atoms with E-state index in [1.165, 1.54) is 0 Å². The first-order valence-electron chi connectivity index (χ1n) is 7.81. The second-order valence-corrected chi connectivity index (χ2v) is 5.82. The van der Waals surface area contributed by atoms with Crippen LogP contribution in [-0.2, 0) is 6.42 Å². The normalized spacial score (nSPS) is 10.5. The predicted molar refractivity (Wildman–Crippen MR) is 97.8 cm³/mol. The van der Waals surface area contributed by atoms with Gasteiger partial charge in [-0.25, -0.2) is 0 Å². The molecule has 0 atom stereocenters. The first-order valence-corrected chi connectivity index (χ1v) is 8.56. The smallest absolute Gasteiger partial charge is 0.179 e. The first-order chi connectivity index (χ1) is 11.7. The van der Waals surface area contributed by atoms with Gasteiger partial charge >= 0.3 is 0 Å². The fourth-order valence-corrected chi connectivity index (χ4v) is 2.67. The van der Waals surface area contributed by atoms with Crippen molar-refractivity contribution >= 4 is 23.2 Å². The van der Waals surface area contributed by atoms with E-state index in [1.54, 1.807) is 6.07 Å². The van der Waals surface area contributed by atoms with E-state index in [9.17, 15) is 0 Å². The van der Waals surface area contributed by atoms with E-state index < -0.39 is 0 Å². The topological polar surface area (TPSA) is 53.7 Å². The van der Waals surface area contributed by atoms with Crippen LogP contribution >= 0.6 is 23.2 Å². The van der Waals surface area contributed by atoms with E-state index in [-0.39, 0.29) is 0 Å². The van der Waals surface area contributed by atoms with Crippen molar-refractivity contribution in [3.8, 4) is 17.2 Å². The highest BCUT2D eigenvalue weighted by Crippen LogP contribution is 2.36. The predicted octanol–water partition coefficient (Wildman–Crippen LogP) is 4.35. The lowest BCUT2D eigenvalue weighted by Gasteiger charge is -2.15. The Morgan fingerprint density at radius 3 is 2.38 bits per heavy atom. The van der Waals surface area contributed by atoms with Gasteiger partial charge in [0.15, 0.2) is 11.5 Å². The van der Waals surface area contributed by atoms with Gasteiger partial charge in [-0.3, -0.25) is 0 Å². The molecule has 0 heterocycles. The minimum atomic E-state index is 0.321. The van der Waals surface area contributed by atoms with Gasteiger partial charge in [0.05, 0.1) is 16.7 Å². The molecule has 0 bridgehead atoms. The number of rotatable bonds is 9. The quantitative estimate of drug-likeness (QED) is 0.667. The summed E-state index contributed by atoms with van der Waals surface area (Å²) in [6.45, 7) is 3.65. The Balaban J connectivity index is 1.99. The van der Waals surface area contributed by atoms with Gasteiger partial charge in [0, 0.05) is 0 Å². The van der Waals surface area contributed by atoms with Crippen LogP contribution < -0.4 is 19.9 Å². The Hall–Kier alpha value is -1.62. The van der Waals surface area contributed by atoms with Crippen LogP contribution in [0.15, 0.2) is 36.4 Å². The molecular weight excluding hydrogens is 349 g/mol. The van der Waals surface area contributed by atoms with E-state index in [1.807, 2.05) is 37.3 Å². The first kappa shape index (κ1) is 18.7. The molecule has 0 aliphatic heterocycles. The van der Waals surface area contributed by atoms with Gasteiger partial charge in [-0.15, -0.1) is 0 Å².